The maximum atomic E-state index is 6.37. The number of benzene rings is 6. The molecule has 6 aromatic carbocycles. The SMILES string of the molecule is c1ccc(-c2cccc(Nc3ccc4ccc5ccc6nc(-c7ccccc7)oc6c5c4c3)c2)cc1. The van der Waals surface area contributed by atoms with Gasteiger partial charge in [0.25, 0.3) is 0 Å². The van der Waals surface area contributed by atoms with Crippen LogP contribution in [-0.4, -0.2) is 4.98 Å². The molecule has 3 nitrogen and oxygen atoms in total. The van der Waals surface area contributed by atoms with Gasteiger partial charge in [0.05, 0.1) is 0 Å². The average Bonchev–Trinajstić information content (AvgIpc) is 3.39. The van der Waals surface area contributed by atoms with Crippen molar-refractivity contribution in [1.29, 1.82) is 0 Å². The Morgan fingerprint density at radius 2 is 1.19 bits per heavy atom. The van der Waals surface area contributed by atoms with Crippen LogP contribution in [0.1, 0.15) is 0 Å². The largest absolute Gasteiger partial charge is 0.435 e. The minimum atomic E-state index is 0.641. The first-order valence-corrected chi connectivity index (χ1v) is 12.1. The lowest BCUT2D eigenvalue weighted by Crippen LogP contribution is -1.91. The summed E-state index contributed by atoms with van der Waals surface area (Å²) in [5, 5.41) is 8.12. The van der Waals surface area contributed by atoms with E-state index in [1.807, 2.05) is 42.5 Å². The van der Waals surface area contributed by atoms with Crippen molar-refractivity contribution in [2.24, 2.45) is 0 Å². The third-order valence-corrected chi connectivity index (χ3v) is 6.63. The molecule has 7 rings (SSSR count). The van der Waals surface area contributed by atoms with Crippen molar-refractivity contribution in [2.75, 3.05) is 5.32 Å². The number of nitrogens with one attached hydrogen (secondary N) is 1. The van der Waals surface area contributed by atoms with E-state index < -0.39 is 0 Å². The lowest BCUT2D eigenvalue weighted by atomic mass is 10.0. The molecule has 0 radical (unpaired) electrons. The highest BCUT2D eigenvalue weighted by Gasteiger charge is 2.14. The molecule has 0 bridgehead atoms. The molecule has 0 saturated carbocycles. The van der Waals surface area contributed by atoms with E-state index >= 15 is 0 Å². The molecule has 0 fully saturated rings. The van der Waals surface area contributed by atoms with E-state index in [0.29, 0.717) is 5.89 Å². The molecule has 0 aliphatic carbocycles. The normalized spacial score (nSPS) is 11.3. The number of hydrogen-bond donors (Lipinski definition) is 1. The zero-order chi connectivity index (χ0) is 23.9. The summed E-state index contributed by atoms with van der Waals surface area (Å²) < 4.78 is 6.37. The minimum Gasteiger partial charge on any atom is -0.435 e. The number of oxazole rings is 1. The molecule has 0 atom stereocenters. The van der Waals surface area contributed by atoms with E-state index in [4.69, 9.17) is 9.40 Å². The van der Waals surface area contributed by atoms with Crippen LogP contribution >= 0.6 is 0 Å². The van der Waals surface area contributed by atoms with E-state index in [2.05, 4.69) is 90.2 Å². The van der Waals surface area contributed by atoms with Gasteiger partial charge >= 0.3 is 0 Å². The van der Waals surface area contributed by atoms with E-state index in [1.165, 1.54) is 11.1 Å². The van der Waals surface area contributed by atoms with Crippen LogP contribution in [0.2, 0.25) is 0 Å². The van der Waals surface area contributed by atoms with Crippen LogP contribution in [0.3, 0.4) is 0 Å². The Balaban J connectivity index is 1.35. The van der Waals surface area contributed by atoms with Crippen LogP contribution in [-0.2, 0) is 0 Å². The Labute approximate surface area is 208 Å². The minimum absolute atomic E-state index is 0.641. The second kappa shape index (κ2) is 8.40. The Morgan fingerprint density at radius 3 is 2.03 bits per heavy atom. The summed E-state index contributed by atoms with van der Waals surface area (Å²) >= 11 is 0. The van der Waals surface area contributed by atoms with Crippen molar-refractivity contribution in [1.82, 2.24) is 4.98 Å². The molecule has 1 aromatic heterocycles. The van der Waals surface area contributed by atoms with Crippen LogP contribution in [0.25, 0.3) is 55.2 Å². The molecule has 170 valence electrons. The van der Waals surface area contributed by atoms with E-state index in [9.17, 15) is 0 Å². The molecule has 0 saturated heterocycles. The van der Waals surface area contributed by atoms with Gasteiger partial charge in [-0.1, -0.05) is 84.9 Å². The molecular formula is C33H22N2O. The summed E-state index contributed by atoms with van der Waals surface area (Å²) in [6, 6.07) is 44.0. The van der Waals surface area contributed by atoms with Crippen LogP contribution in [0.5, 0.6) is 0 Å². The first-order chi connectivity index (χ1) is 17.8. The Hall–Kier alpha value is -4.89. The number of nitrogens with zero attached hydrogens (tertiary/aromatic N) is 1. The van der Waals surface area contributed by atoms with Gasteiger partial charge in [0.2, 0.25) is 5.89 Å². The van der Waals surface area contributed by atoms with Gasteiger partial charge in [0, 0.05) is 22.3 Å². The lowest BCUT2D eigenvalue weighted by molar-refractivity contribution is 0.623. The number of anilines is 2. The molecule has 0 aliphatic heterocycles. The molecule has 1 N–H and O–H groups in total. The average molecular weight is 463 g/mol. The van der Waals surface area contributed by atoms with E-state index in [-0.39, 0.29) is 0 Å². The Kier molecular flexibility index (Phi) is 4.78. The molecule has 36 heavy (non-hydrogen) atoms. The maximum absolute atomic E-state index is 6.37. The summed E-state index contributed by atoms with van der Waals surface area (Å²) in [7, 11) is 0. The number of hydrogen-bond acceptors (Lipinski definition) is 3. The predicted molar refractivity (Wildman–Crippen MR) is 150 cm³/mol. The van der Waals surface area contributed by atoms with Crippen molar-refractivity contribution in [3.05, 3.63) is 127 Å². The highest BCUT2D eigenvalue weighted by molar-refractivity contribution is 6.18. The highest BCUT2D eigenvalue weighted by atomic mass is 16.3. The summed E-state index contributed by atoms with van der Waals surface area (Å²) in [4.78, 5) is 4.79. The number of fused-ring (bicyclic) bond motifs is 5. The zero-order valence-electron chi connectivity index (χ0n) is 19.5. The number of rotatable bonds is 4. The summed E-state index contributed by atoms with van der Waals surface area (Å²) in [5.74, 6) is 0.641. The molecule has 0 amide bonds. The fourth-order valence-corrected chi connectivity index (χ4v) is 4.88. The molecular weight excluding hydrogens is 440 g/mol. The standard InChI is InChI=1S/C33H22N2O/c1-3-8-22(9-4-1)26-12-7-13-27(20-26)34-28-18-16-23-14-15-24-17-19-30-32(31(24)29(23)21-28)36-33(35-30)25-10-5-2-6-11-25/h1-21,34H. The van der Waals surface area contributed by atoms with Crippen molar-refractivity contribution in [3.63, 3.8) is 0 Å². The van der Waals surface area contributed by atoms with Gasteiger partial charge in [-0.3, -0.25) is 0 Å². The smallest absolute Gasteiger partial charge is 0.227 e. The second-order valence-electron chi connectivity index (χ2n) is 8.97. The molecule has 1 heterocycles. The van der Waals surface area contributed by atoms with Crippen LogP contribution in [0.4, 0.5) is 11.4 Å². The van der Waals surface area contributed by atoms with E-state index in [1.54, 1.807) is 0 Å². The summed E-state index contributed by atoms with van der Waals surface area (Å²) in [5.41, 5.74) is 7.12. The third-order valence-electron chi connectivity index (χ3n) is 6.63. The van der Waals surface area contributed by atoms with Gasteiger partial charge in [0.15, 0.2) is 5.58 Å². The van der Waals surface area contributed by atoms with Gasteiger partial charge < -0.3 is 9.73 Å². The van der Waals surface area contributed by atoms with Gasteiger partial charge in [0.1, 0.15) is 5.52 Å². The van der Waals surface area contributed by atoms with Crippen LogP contribution < -0.4 is 5.32 Å². The van der Waals surface area contributed by atoms with E-state index in [0.717, 1.165) is 49.6 Å². The van der Waals surface area contributed by atoms with Gasteiger partial charge in [-0.25, -0.2) is 4.98 Å². The molecule has 0 unspecified atom stereocenters. The summed E-state index contributed by atoms with van der Waals surface area (Å²) in [6.07, 6.45) is 0. The molecule has 7 aromatic rings. The van der Waals surface area contributed by atoms with Crippen LogP contribution in [0, 0.1) is 0 Å². The fourth-order valence-electron chi connectivity index (χ4n) is 4.88. The van der Waals surface area contributed by atoms with Gasteiger partial charge in [-0.05, 0) is 69.8 Å². The first kappa shape index (κ1) is 20.5. The van der Waals surface area contributed by atoms with Crippen LogP contribution in [0.15, 0.2) is 132 Å². The van der Waals surface area contributed by atoms with Crippen molar-refractivity contribution >= 4 is 44.0 Å². The van der Waals surface area contributed by atoms with Crippen molar-refractivity contribution in [3.8, 4) is 22.6 Å². The summed E-state index contributed by atoms with van der Waals surface area (Å²) in [6.45, 7) is 0. The second-order valence-corrected chi connectivity index (χ2v) is 8.97. The quantitative estimate of drug-likeness (QED) is 0.265. The maximum Gasteiger partial charge on any atom is 0.227 e. The number of aromatic nitrogens is 1. The molecule has 3 heteroatoms. The Bertz CT molecular complexity index is 1850. The Morgan fingerprint density at radius 1 is 0.528 bits per heavy atom. The van der Waals surface area contributed by atoms with Crippen molar-refractivity contribution < 1.29 is 4.42 Å². The fraction of sp³-hybridized carbons (Fsp3) is 0. The third kappa shape index (κ3) is 3.58. The van der Waals surface area contributed by atoms with Gasteiger partial charge in [-0.15, -0.1) is 0 Å². The monoisotopic (exact) mass is 462 g/mol. The predicted octanol–water partition coefficient (Wildman–Crippen LogP) is 9.21. The van der Waals surface area contributed by atoms with Gasteiger partial charge in [-0.2, -0.15) is 0 Å². The lowest BCUT2D eigenvalue weighted by Gasteiger charge is -2.11. The topological polar surface area (TPSA) is 38.1 Å². The molecule has 0 aliphatic rings. The highest BCUT2D eigenvalue weighted by Crippen LogP contribution is 2.36. The zero-order valence-corrected chi connectivity index (χ0v) is 19.5. The van der Waals surface area contributed by atoms with Crippen molar-refractivity contribution in [2.45, 2.75) is 0 Å². The first-order valence-electron chi connectivity index (χ1n) is 12.1. The molecule has 0 spiro atoms.